The summed E-state index contributed by atoms with van der Waals surface area (Å²) < 4.78 is 5.41. The minimum absolute atomic E-state index is 0.0106. The molecule has 6 N–H and O–H groups in total. The van der Waals surface area contributed by atoms with Gasteiger partial charge in [0.05, 0.1) is 12.1 Å². The van der Waals surface area contributed by atoms with E-state index in [4.69, 9.17) is 16.3 Å². The molecule has 6 atom stereocenters. The number of aliphatic hydroxyl groups is 3. The first-order chi connectivity index (χ1) is 22.0. The Morgan fingerprint density at radius 3 is 1.96 bits per heavy atom. The van der Waals surface area contributed by atoms with Crippen LogP contribution < -0.4 is 16.0 Å². The van der Waals surface area contributed by atoms with Crippen molar-refractivity contribution in [1.29, 1.82) is 0 Å². The molecule has 248 valence electrons. The Bertz CT molecular complexity index is 1380. The minimum atomic E-state index is -2.01. The van der Waals surface area contributed by atoms with E-state index in [1.54, 1.807) is 98.8 Å². The lowest BCUT2D eigenvalue weighted by Crippen LogP contribution is -2.57. The topological polar surface area (TPSA) is 157 Å². The van der Waals surface area contributed by atoms with Gasteiger partial charge in [0, 0.05) is 11.6 Å². The van der Waals surface area contributed by atoms with Gasteiger partial charge in [-0.1, -0.05) is 112 Å². The summed E-state index contributed by atoms with van der Waals surface area (Å²) in [6, 6.07) is 22.0. The summed E-state index contributed by atoms with van der Waals surface area (Å²) in [5.74, 6) is -2.09. The number of carbonyl (C=O) groups excluding carboxylic acids is 3. The Balaban J connectivity index is 1.83. The molecule has 3 aromatic carbocycles. The van der Waals surface area contributed by atoms with E-state index >= 15 is 0 Å². The zero-order valence-corrected chi connectivity index (χ0v) is 27.1. The van der Waals surface area contributed by atoms with Crippen molar-refractivity contribution in [1.82, 2.24) is 16.0 Å². The second kappa shape index (κ2) is 18.3. The number of aliphatic hydroxyl groups excluding tert-OH is 3. The molecular formula is C35H44ClN3O7. The van der Waals surface area contributed by atoms with Gasteiger partial charge < -0.3 is 36.0 Å². The third kappa shape index (κ3) is 10.8. The quantitative estimate of drug-likeness (QED) is 0.126. The summed E-state index contributed by atoms with van der Waals surface area (Å²) in [6.07, 6.45) is -5.32. The molecule has 11 heteroatoms. The van der Waals surface area contributed by atoms with Crippen molar-refractivity contribution in [3.05, 3.63) is 107 Å². The van der Waals surface area contributed by atoms with Crippen molar-refractivity contribution in [2.45, 2.75) is 76.5 Å². The third-order valence-corrected chi connectivity index (χ3v) is 7.76. The molecule has 6 unspecified atom stereocenters. The van der Waals surface area contributed by atoms with Gasteiger partial charge in [-0.2, -0.15) is 0 Å². The van der Waals surface area contributed by atoms with Crippen molar-refractivity contribution in [2.75, 3.05) is 6.54 Å². The number of benzene rings is 3. The number of nitrogens with one attached hydrogen (secondary N) is 3. The Hall–Kier alpha value is -3.96. The average molecular weight is 654 g/mol. The van der Waals surface area contributed by atoms with Gasteiger partial charge >= 0.3 is 6.09 Å². The molecule has 0 fully saturated rings. The maximum atomic E-state index is 13.5. The van der Waals surface area contributed by atoms with Crippen LogP contribution in [0.25, 0.3) is 0 Å². The van der Waals surface area contributed by atoms with Crippen LogP contribution in [0.5, 0.6) is 0 Å². The third-order valence-electron chi connectivity index (χ3n) is 7.51. The molecule has 0 bridgehead atoms. The number of amides is 3. The second-order valence-electron chi connectivity index (χ2n) is 11.5. The fraction of sp³-hybridized carbons (Fsp3) is 0.400. The predicted molar refractivity (Wildman–Crippen MR) is 176 cm³/mol. The molecule has 3 rings (SSSR count). The molecule has 46 heavy (non-hydrogen) atoms. The SMILES string of the molecule is CCCCNC(=O)OC(C(=O)NC(Cc1ccc(Cl)cc1)C(O)C(O)C(=O)NC(c1ccccc1)C(O)c1ccccc1)C(C)C. The van der Waals surface area contributed by atoms with Gasteiger partial charge in [-0.25, -0.2) is 4.79 Å². The lowest BCUT2D eigenvalue weighted by atomic mass is 9.94. The lowest BCUT2D eigenvalue weighted by molar-refractivity contribution is -0.141. The fourth-order valence-corrected chi connectivity index (χ4v) is 5.00. The summed E-state index contributed by atoms with van der Waals surface area (Å²) in [5, 5.41) is 42.2. The van der Waals surface area contributed by atoms with Crippen LogP contribution >= 0.6 is 11.6 Å². The summed E-state index contributed by atoms with van der Waals surface area (Å²) in [5.41, 5.74) is 1.77. The number of halogens is 1. The smallest absolute Gasteiger partial charge is 0.407 e. The Morgan fingerprint density at radius 2 is 1.39 bits per heavy atom. The number of hydrogen-bond donors (Lipinski definition) is 6. The van der Waals surface area contributed by atoms with E-state index in [1.165, 1.54) is 0 Å². The van der Waals surface area contributed by atoms with E-state index in [0.29, 0.717) is 28.3 Å². The molecule has 0 heterocycles. The van der Waals surface area contributed by atoms with Gasteiger partial charge in [0.25, 0.3) is 11.8 Å². The number of ether oxygens (including phenoxy) is 1. The largest absolute Gasteiger partial charge is 0.436 e. The van der Waals surface area contributed by atoms with Gasteiger partial charge in [-0.3, -0.25) is 9.59 Å². The molecule has 0 radical (unpaired) electrons. The second-order valence-corrected chi connectivity index (χ2v) is 11.9. The minimum Gasteiger partial charge on any atom is -0.436 e. The van der Waals surface area contributed by atoms with E-state index in [9.17, 15) is 29.7 Å². The zero-order valence-electron chi connectivity index (χ0n) is 26.3. The van der Waals surface area contributed by atoms with E-state index in [0.717, 1.165) is 12.8 Å². The normalized spacial score (nSPS) is 15.1. The van der Waals surface area contributed by atoms with Crippen LogP contribution in [0.3, 0.4) is 0 Å². The zero-order chi connectivity index (χ0) is 33.6. The van der Waals surface area contributed by atoms with E-state index in [1.807, 2.05) is 6.92 Å². The van der Waals surface area contributed by atoms with Crippen molar-refractivity contribution < 1.29 is 34.4 Å². The standard InChI is InChI=1S/C35H44ClN3O7/c1-4-5-20-37-35(45)46-32(22(2)3)34(44)38-27(21-23-16-18-26(36)19-17-23)30(41)31(42)33(43)39-28(24-12-8-6-9-13-24)29(40)25-14-10-7-11-15-25/h6-19,22,27-32,40-42H,4-5,20-21H2,1-3H3,(H,37,45)(H,38,44)(H,39,43). The van der Waals surface area contributed by atoms with Crippen molar-refractivity contribution in [2.24, 2.45) is 5.92 Å². The highest BCUT2D eigenvalue weighted by Crippen LogP contribution is 2.29. The highest BCUT2D eigenvalue weighted by atomic mass is 35.5. The summed E-state index contributed by atoms with van der Waals surface area (Å²) >= 11 is 6.04. The molecule has 0 saturated heterocycles. The molecule has 10 nitrogen and oxygen atoms in total. The maximum absolute atomic E-state index is 13.5. The first-order valence-corrected chi connectivity index (χ1v) is 15.8. The summed E-state index contributed by atoms with van der Waals surface area (Å²) in [6.45, 7) is 5.78. The fourth-order valence-electron chi connectivity index (χ4n) is 4.87. The molecule has 0 aliphatic carbocycles. The van der Waals surface area contributed by atoms with Crippen LogP contribution in [0.2, 0.25) is 5.02 Å². The number of hydrogen-bond acceptors (Lipinski definition) is 7. The summed E-state index contributed by atoms with van der Waals surface area (Å²) in [4.78, 5) is 39.3. The van der Waals surface area contributed by atoms with E-state index in [2.05, 4.69) is 16.0 Å². The van der Waals surface area contributed by atoms with Crippen molar-refractivity contribution in [3.8, 4) is 0 Å². The molecule has 0 aromatic heterocycles. The van der Waals surface area contributed by atoms with Crippen LogP contribution in [0.15, 0.2) is 84.9 Å². The van der Waals surface area contributed by atoms with Crippen LogP contribution in [-0.4, -0.2) is 64.1 Å². The van der Waals surface area contributed by atoms with Crippen LogP contribution in [0.4, 0.5) is 4.79 Å². The van der Waals surface area contributed by atoms with Crippen LogP contribution in [-0.2, 0) is 20.7 Å². The molecule has 0 aliphatic heterocycles. The highest BCUT2D eigenvalue weighted by Gasteiger charge is 2.37. The highest BCUT2D eigenvalue weighted by molar-refractivity contribution is 6.30. The van der Waals surface area contributed by atoms with Crippen molar-refractivity contribution in [3.63, 3.8) is 0 Å². The van der Waals surface area contributed by atoms with Crippen LogP contribution in [0.1, 0.15) is 62.4 Å². The molecule has 0 aliphatic rings. The van der Waals surface area contributed by atoms with Gasteiger partial charge in [-0.05, 0) is 47.6 Å². The maximum Gasteiger partial charge on any atom is 0.407 e. The number of unbranched alkanes of at least 4 members (excludes halogenated alkanes) is 1. The molecule has 0 spiro atoms. The van der Waals surface area contributed by atoms with Gasteiger partial charge in [-0.15, -0.1) is 0 Å². The monoisotopic (exact) mass is 653 g/mol. The van der Waals surface area contributed by atoms with Gasteiger partial charge in [0.2, 0.25) is 0 Å². The first-order valence-electron chi connectivity index (χ1n) is 15.5. The Kier molecular flexibility index (Phi) is 14.5. The van der Waals surface area contributed by atoms with Gasteiger partial charge in [0.1, 0.15) is 12.2 Å². The lowest BCUT2D eigenvalue weighted by Gasteiger charge is -2.31. The molecular weight excluding hydrogens is 610 g/mol. The Labute approximate surface area is 275 Å². The van der Waals surface area contributed by atoms with Gasteiger partial charge in [0.15, 0.2) is 12.2 Å². The molecule has 3 amide bonds. The van der Waals surface area contributed by atoms with Crippen LogP contribution in [0, 0.1) is 5.92 Å². The van der Waals surface area contributed by atoms with Crippen molar-refractivity contribution >= 4 is 29.5 Å². The van der Waals surface area contributed by atoms with E-state index < -0.39 is 60.3 Å². The number of rotatable bonds is 16. The number of carbonyl (C=O) groups is 3. The summed E-state index contributed by atoms with van der Waals surface area (Å²) in [7, 11) is 0. The predicted octanol–water partition coefficient (Wildman–Crippen LogP) is 4.23. The average Bonchev–Trinajstić information content (AvgIpc) is 3.06. The Morgan fingerprint density at radius 1 is 0.804 bits per heavy atom. The molecule has 3 aromatic rings. The first kappa shape index (κ1) is 36.5. The van der Waals surface area contributed by atoms with E-state index in [-0.39, 0.29) is 6.42 Å². The number of alkyl carbamates (subject to hydrolysis) is 1. The molecule has 0 saturated carbocycles.